The van der Waals surface area contributed by atoms with Crippen LogP contribution in [0.4, 0.5) is 0 Å². The average molecular weight is 396 g/mol. The van der Waals surface area contributed by atoms with E-state index in [1.165, 1.54) is 0 Å². The highest BCUT2D eigenvalue weighted by molar-refractivity contribution is 14.1. The number of rotatable bonds is 3. The molecule has 0 spiro atoms. The second-order valence-corrected chi connectivity index (χ2v) is 6.42. The van der Waals surface area contributed by atoms with Crippen molar-refractivity contribution in [3.05, 3.63) is 20.2 Å². The van der Waals surface area contributed by atoms with Crippen molar-refractivity contribution in [3.63, 3.8) is 0 Å². The van der Waals surface area contributed by atoms with Gasteiger partial charge in [-0.1, -0.05) is 32.4 Å². The number of likely N-dealkylation sites (N-methyl/N-ethyl adjacent to an activating group) is 1. The summed E-state index contributed by atoms with van der Waals surface area (Å²) in [6.07, 6.45) is -0.0688. The quantitative estimate of drug-likeness (QED) is 0.582. The molecule has 1 aliphatic heterocycles. The zero-order valence-electron chi connectivity index (χ0n) is 11.5. The molecule has 0 radical (unpaired) electrons. The third-order valence-corrected chi connectivity index (χ3v) is 4.94. The third-order valence-electron chi connectivity index (χ3n) is 3.29. The summed E-state index contributed by atoms with van der Waals surface area (Å²) in [6.45, 7) is 9.95. The number of hydrogen-bond donors (Lipinski definition) is 0. The van der Waals surface area contributed by atoms with Gasteiger partial charge in [0, 0.05) is 13.1 Å². The van der Waals surface area contributed by atoms with Crippen LogP contribution in [0.3, 0.4) is 0 Å². The fourth-order valence-corrected chi connectivity index (χ4v) is 3.17. The van der Waals surface area contributed by atoms with Crippen LogP contribution < -0.4 is 0 Å². The maximum atomic E-state index is 6.22. The molecule has 1 unspecified atom stereocenters. The van der Waals surface area contributed by atoms with Crippen LogP contribution in [0.15, 0.2) is 0 Å². The van der Waals surface area contributed by atoms with Crippen molar-refractivity contribution in [1.29, 1.82) is 0 Å². The molecule has 1 fully saturated rings. The first kappa shape index (κ1) is 15.4. The van der Waals surface area contributed by atoms with Crippen molar-refractivity contribution < 1.29 is 4.74 Å². The Morgan fingerprint density at radius 3 is 2.84 bits per heavy atom. The Morgan fingerprint density at radius 2 is 2.21 bits per heavy atom. The molecule has 0 N–H and O–H groups in total. The standard InChI is InChI=1S/C13H19ClIN3O/c1-4-18-5-6-19-9(7-18)13-16-11(8(2)3)10(15)12(14)17-13/h8-9H,4-7H2,1-3H3. The summed E-state index contributed by atoms with van der Waals surface area (Å²) in [5, 5.41) is 0.534. The maximum Gasteiger partial charge on any atom is 0.160 e. The molecule has 1 atom stereocenters. The molecule has 1 aliphatic rings. The lowest BCUT2D eigenvalue weighted by atomic mass is 10.1. The van der Waals surface area contributed by atoms with Gasteiger partial charge in [-0.25, -0.2) is 9.97 Å². The first-order valence-electron chi connectivity index (χ1n) is 6.59. The molecule has 1 saturated heterocycles. The lowest BCUT2D eigenvalue weighted by Crippen LogP contribution is -2.38. The Balaban J connectivity index is 2.29. The topological polar surface area (TPSA) is 38.2 Å². The molecule has 0 amide bonds. The summed E-state index contributed by atoms with van der Waals surface area (Å²) < 4.78 is 6.74. The van der Waals surface area contributed by atoms with Gasteiger partial charge >= 0.3 is 0 Å². The smallest absolute Gasteiger partial charge is 0.160 e. The predicted octanol–water partition coefficient (Wildman–Crippen LogP) is 3.25. The third kappa shape index (κ3) is 3.56. The number of nitrogens with zero attached hydrogens (tertiary/aromatic N) is 3. The van der Waals surface area contributed by atoms with E-state index in [4.69, 9.17) is 16.3 Å². The van der Waals surface area contributed by atoms with Crippen LogP contribution in [0.5, 0.6) is 0 Å². The van der Waals surface area contributed by atoms with E-state index >= 15 is 0 Å². The minimum Gasteiger partial charge on any atom is -0.368 e. The second kappa shape index (κ2) is 6.65. The summed E-state index contributed by atoms with van der Waals surface area (Å²) in [6, 6.07) is 0. The van der Waals surface area contributed by atoms with Gasteiger partial charge in [-0.2, -0.15) is 0 Å². The fraction of sp³-hybridized carbons (Fsp3) is 0.692. The molecule has 2 heterocycles. The molecule has 106 valence electrons. The van der Waals surface area contributed by atoms with E-state index in [9.17, 15) is 0 Å². The van der Waals surface area contributed by atoms with E-state index in [-0.39, 0.29) is 6.10 Å². The van der Waals surface area contributed by atoms with E-state index in [0.29, 0.717) is 16.9 Å². The van der Waals surface area contributed by atoms with Gasteiger partial charge in [-0.15, -0.1) is 0 Å². The highest BCUT2D eigenvalue weighted by atomic mass is 127. The van der Waals surface area contributed by atoms with Crippen molar-refractivity contribution in [3.8, 4) is 0 Å². The number of morpholine rings is 1. The van der Waals surface area contributed by atoms with Crippen LogP contribution >= 0.6 is 34.2 Å². The lowest BCUT2D eigenvalue weighted by Gasteiger charge is -2.31. The van der Waals surface area contributed by atoms with E-state index in [2.05, 4.69) is 58.2 Å². The normalized spacial score (nSPS) is 21.1. The minimum atomic E-state index is -0.0688. The van der Waals surface area contributed by atoms with E-state index < -0.39 is 0 Å². The van der Waals surface area contributed by atoms with E-state index in [1.807, 2.05) is 0 Å². The predicted molar refractivity (Wildman–Crippen MR) is 84.7 cm³/mol. The molecular weight excluding hydrogens is 377 g/mol. The molecule has 1 aromatic rings. The zero-order valence-corrected chi connectivity index (χ0v) is 14.4. The Labute approximate surface area is 133 Å². The molecule has 1 aromatic heterocycles. The molecule has 2 rings (SSSR count). The van der Waals surface area contributed by atoms with Crippen molar-refractivity contribution in [2.75, 3.05) is 26.2 Å². The van der Waals surface area contributed by atoms with Crippen LogP contribution in [0.25, 0.3) is 0 Å². The van der Waals surface area contributed by atoms with E-state index in [1.54, 1.807) is 0 Å². The monoisotopic (exact) mass is 395 g/mol. The van der Waals surface area contributed by atoms with Crippen LogP contribution in [-0.2, 0) is 4.74 Å². The summed E-state index contributed by atoms with van der Waals surface area (Å²) in [5.74, 6) is 1.05. The van der Waals surface area contributed by atoms with Gasteiger partial charge in [0.05, 0.1) is 15.9 Å². The molecule has 6 heteroatoms. The minimum absolute atomic E-state index is 0.0688. The molecule has 0 aromatic carbocycles. The fourth-order valence-electron chi connectivity index (χ4n) is 2.13. The molecule has 4 nitrogen and oxygen atoms in total. The van der Waals surface area contributed by atoms with E-state index in [0.717, 1.165) is 35.5 Å². The summed E-state index contributed by atoms with van der Waals surface area (Å²) in [7, 11) is 0. The second-order valence-electron chi connectivity index (χ2n) is 4.98. The number of hydrogen-bond acceptors (Lipinski definition) is 4. The SMILES string of the molecule is CCN1CCOC(c2nc(Cl)c(I)c(C(C)C)n2)C1. The van der Waals surface area contributed by atoms with Gasteiger partial charge < -0.3 is 4.74 Å². The molecule has 0 saturated carbocycles. The summed E-state index contributed by atoms with van der Waals surface area (Å²) in [4.78, 5) is 11.4. The molecule has 0 aliphatic carbocycles. The van der Waals surface area contributed by atoms with Gasteiger partial charge in [-0.05, 0) is 35.1 Å². The largest absolute Gasteiger partial charge is 0.368 e. The van der Waals surface area contributed by atoms with Gasteiger partial charge in [-0.3, -0.25) is 4.90 Å². The van der Waals surface area contributed by atoms with Crippen molar-refractivity contribution in [2.45, 2.75) is 32.8 Å². The molecule has 19 heavy (non-hydrogen) atoms. The van der Waals surface area contributed by atoms with Gasteiger partial charge in [0.25, 0.3) is 0 Å². The van der Waals surface area contributed by atoms with Gasteiger partial charge in [0.1, 0.15) is 11.3 Å². The molecule has 0 bridgehead atoms. The first-order valence-corrected chi connectivity index (χ1v) is 8.05. The lowest BCUT2D eigenvalue weighted by molar-refractivity contribution is -0.0327. The highest BCUT2D eigenvalue weighted by Crippen LogP contribution is 2.28. The summed E-state index contributed by atoms with van der Waals surface area (Å²) >= 11 is 8.44. The maximum absolute atomic E-state index is 6.22. The number of aromatic nitrogens is 2. The van der Waals surface area contributed by atoms with Gasteiger partial charge in [0.2, 0.25) is 0 Å². The van der Waals surface area contributed by atoms with Crippen molar-refractivity contribution >= 4 is 34.2 Å². The first-order chi connectivity index (χ1) is 9.02. The van der Waals surface area contributed by atoms with Crippen LogP contribution in [0.2, 0.25) is 5.15 Å². The highest BCUT2D eigenvalue weighted by Gasteiger charge is 2.25. The number of ether oxygens (including phenoxy) is 1. The van der Waals surface area contributed by atoms with Crippen molar-refractivity contribution in [1.82, 2.24) is 14.9 Å². The Hall–Kier alpha value is 0.0200. The van der Waals surface area contributed by atoms with Crippen molar-refractivity contribution in [2.24, 2.45) is 0 Å². The average Bonchev–Trinajstić information content (AvgIpc) is 2.41. The number of halogens is 2. The summed E-state index contributed by atoms with van der Waals surface area (Å²) in [5.41, 5.74) is 1.01. The Bertz CT molecular complexity index is 456. The van der Waals surface area contributed by atoms with Crippen LogP contribution in [0, 0.1) is 3.57 Å². The van der Waals surface area contributed by atoms with Crippen LogP contribution in [-0.4, -0.2) is 41.1 Å². The Morgan fingerprint density at radius 1 is 1.47 bits per heavy atom. The zero-order chi connectivity index (χ0) is 14.0. The molecular formula is C13H19ClIN3O. The van der Waals surface area contributed by atoms with Crippen LogP contribution in [0.1, 0.15) is 44.3 Å². The van der Waals surface area contributed by atoms with Gasteiger partial charge in [0.15, 0.2) is 5.82 Å². The Kier molecular flexibility index (Phi) is 5.39.